The minimum Gasteiger partial charge on any atom is -0.782 e. The normalized spacial score (nSPS) is 18.5. The molecule has 0 saturated heterocycles. The van der Waals surface area contributed by atoms with Crippen LogP contribution in [0.15, 0.2) is 0 Å². The summed E-state index contributed by atoms with van der Waals surface area (Å²) in [5.41, 5.74) is 0. The molecule has 0 aliphatic heterocycles. The van der Waals surface area contributed by atoms with Crippen molar-refractivity contribution >= 4 is 75.8 Å². The van der Waals surface area contributed by atoms with E-state index in [9.17, 15) is 79.0 Å². The quantitative estimate of drug-likeness (QED) is 0.200. The van der Waals surface area contributed by atoms with Gasteiger partial charge in [0.2, 0.25) is 0 Å². The fourth-order valence-corrected chi connectivity index (χ4v) is 1.96. The zero-order chi connectivity index (χ0) is 30.5. The molecule has 0 saturated carbocycles. The fraction of sp³-hybridized carbons (Fsp3) is 1.00. The number of hydrogen-bond acceptors (Lipinski definition) is 6. The third kappa shape index (κ3) is 19.3. The molecule has 0 N–H and O–H groups in total. The third-order valence-electron chi connectivity index (χ3n) is 2.76. The van der Waals surface area contributed by atoms with Gasteiger partial charge >= 0.3 is 58.1 Å². The summed E-state index contributed by atoms with van der Waals surface area (Å²) in [5.74, 6) is 0. The van der Waals surface area contributed by atoms with E-state index in [1.54, 1.807) is 0 Å². The smallest absolute Gasteiger partial charge is 0.782 e. The van der Waals surface area contributed by atoms with Crippen LogP contribution in [-0.4, -0.2) is 68.6 Å². The molecule has 0 nitrogen and oxygen atoms in total. The monoisotopic (exact) mass is 782 g/mol. The number of halogens is 18. The van der Waals surface area contributed by atoms with Crippen LogP contribution in [0.5, 0.6) is 0 Å². The Morgan fingerprint density at radius 3 is 0.324 bits per heavy atom. The Morgan fingerprint density at radius 1 is 0.243 bits per heavy atom. The Hall–Kier alpha value is 1.53. The summed E-state index contributed by atoms with van der Waals surface area (Å²) >= 11 is 21.6. The minimum absolute atomic E-state index is 0. The van der Waals surface area contributed by atoms with Crippen molar-refractivity contribution in [1.82, 2.24) is 0 Å². The molecule has 6 unspecified atom stereocenters. The van der Waals surface area contributed by atoms with Crippen LogP contribution in [-0.2, 0) is 96.8 Å². The summed E-state index contributed by atoms with van der Waals surface area (Å²) < 4.78 is 208. The average molecular weight is 780 g/mol. The van der Waals surface area contributed by atoms with E-state index in [2.05, 4.69) is 75.8 Å². The molecule has 0 aromatic heterocycles. The molecule has 0 amide bonds. The van der Waals surface area contributed by atoms with Crippen LogP contribution in [0, 0.1) is 0 Å². The van der Waals surface area contributed by atoms with Gasteiger partial charge < -0.3 is 75.8 Å². The molecular weight excluding hydrogens is 774 g/mol. The van der Waals surface area contributed by atoms with Crippen LogP contribution >= 0.6 is 0 Å². The van der Waals surface area contributed by atoms with Crippen LogP contribution in [0.25, 0.3) is 0 Å². The zero-order valence-electron chi connectivity index (χ0n) is 16.1. The maximum atomic E-state index is 11.6. The van der Waals surface area contributed by atoms with Gasteiger partial charge in [0.05, 0.1) is 0 Å². The first kappa shape index (κ1) is 45.5. The van der Waals surface area contributed by atoms with E-state index in [1.807, 2.05) is 0 Å². The van der Waals surface area contributed by atoms with Gasteiger partial charge in [-0.3, -0.25) is 0 Å². The number of alkyl halides is 18. The van der Waals surface area contributed by atoms with Crippen molar-refractivity contribution in [3.63, 3.8) is 0 Å². The Morgan fingerprint density at radius 2 is 0.297 bits per heavy atom. The summed E-state index contributed by atoms with van der Waals surface area (Å²) in [7, 11) is 0. The first-order valence-electron chi connectivity index (χ1n) is 7.55. The molecule has 6 atom stereocenters. The minimum atomic E-state index is -5.07. The van der Waals surface area contributed by atoms with Gasteiger partial charge in [-0.2, -0.15) is 79.0 Å². The van der Waals surface area contributed by atoms with E-state index in [4.69, 9.17) is 0 Å². The molecule has 37 heavy (non-hydrogen) atoms. The second-order valence-electron chi connectivity index (χ2n) is 5.77. The van der Waals surface area contributed by atoms with Crippen molar-refractivity contribution in [2.45, 2.75) is 68.6 Å². The molecule has 25 heteroatoms. The molecule has 0 aromatic carbocycles. The number of hydrogen-bond donors (Lipinski definition) is 0. The van der Waals surface area contributed by atoms with E-state index in [1.165, 1.54) is 0 Å². The van der Waals surface area contributed by atoms with Crippen LogP contribution in [0.1, 0.15) is 0 Å². The number of rotatable bonds is 3. The van der Waals surface area contributed by atoms with Crippen molar-refractivity contribution < 1.29 is 100 Å². The van der Waals surface area contributed by atoms with E-state index < -0.39 is 68.6 Å². The topological polar surface area (TPSA) is 0 Å². The summed E-state index contributed by atoms with van der Waals surface area (Å²) in [6.07, 6.45) is -30.4. The average Bonchev–Trinajstić information content (AvgIpc) is 2.60. The zero-order valence-corrected chi connectivity index (χ0v) is 23.0. The predicted octanol–water partition coefficient (Wildman–Crippen LogP) is 5.82. The van der Waals surface area contributed by atoms with Crippen molar-refractivity contribution in [1.29, 1.82) is 0 Å². The molecular formula is C12H6F18MoS6. The molecule has 0 radical (unpaired) electrons. The standard InChI is InChI=1S/3C4H4F6S2.Mo/c3*5-3(6,7)1(11)2(12)4(8,9)10;/h3*1-2,11-12H;/q;;;+6/p-6. The van der Waals surface area contributed by atoms with Gasteiger partial charge in [-0.25, -0.2) is 0 Å². The van der Waals surface area contributed by atoms with Crippen LogP contribution in [0.3, 0.4) is 0 Å². The maximum Gasteiger partial charge on any atom is 6.00 e. The Kier molecular flexibility index (Phi) is 20.0. The second kappa shape index (κ2) is 16.2. The Bertz CT molecular complexity index is 484. The second-order valence-corrected chi connectivity index (χ2v) is 8.82. The van der Waals surface area contributed by atoms with Gasteiger partial charge in [-0.1, -0.05) is 31.5 Å². The van der Waals surface area contributed by atoms with Crippen LogP contribution in [0.4, 0.5) is 79.0 Å². The summed E-state index contributed by atoms with van der Waals surface area (Å²) in [6.45, 7) is 0. The van der Waals surface area contributed by atoms with E-state index >= 15 is 0 Å². The van der Waals surface area contributed by atoms with Crippen molar-refractivity contribution in [3.05, 3.63) is 0 Å². The Labute approximate surface area is 243 Å². The van der Waals surface area contributed by atoms with Crippen molar-refractivity contribution in [2.24, 2.45) is 0 Å². The predicted molar refractivity (Wildman–Crippen MR) is 103 cm³/mol. The van der Waals surface area contributed by atoms with Crippen molar-refractivity contribution in [3.8, 4) is 0 Å². The van der Waals surface area contributed by atoms with Gasteiger partial charge in [-0.15, -0.1) is 0 Å². The van der Waals surface area contributed by atoms with Gasteiger partial charge in [0.1, 0.15) is 0 Å². The van der Waals surface area contributed by atoms with Crippen LogP contribution < -0.4 is 0 Å². The SMILES string of the molecule is FC(F)(F)C([S-])C([S-])C(F)(F)F.FC(F)(F)C([S-])C([S-])C(F)(F)F.FC(F)(F)C([S-])C([S-])C(F)(F)F.[Mo+6]. The van der Waals surface area contributed by atoms with E-state index in [0.717, 1.165) is 0 Å². The Balaban J connectivity index is -0.000000218. The van der Waals surface area contributed by atoms with Gasteiger partial charge in [-0.05, 0) is 0 Å². The molecule has 222 valence electrons. The maximum absolute atomic E-state index is 11.6. The molecule has 0 fully saturated rings. The first-order chi connectivity index (χ1) is 15.2. The largest absolute Gasteiger partial charge is 6.00 e. The van der Waals surface area contributed by atoms with Gasteiger partial charge in [0.15, 0.2) is 0 Å². The van der Waals surface area contributed by atoms with Gasteiger partial charge in [0, 0.05) is 0 Å². The van der Waals surface area contributed by atoms with Crippen LogP contribution in [0.2, 0.25) is 0 Å². The molecule has 0 heterocycles. The van der Waals surface area contributed by atoms with E-state index in [0.29, 0.717) is 0 Å². The molecule has 0 rings (SSSR count). The van der Waals surface area contributed by atoms with E-state index in [-0.39, 0.29) is 21.1 Å². The summed E-state index contributed by atoms with van der Waals surface area (Å²) in [4.78, 5) is 0. The fourth-order valence-electron chi connectivity index (χ4n) is 1.03. The summed E-state index contributed by atoms with van der Waals surface area (Å²) in [6, 6.07) is 0. The molecule has 0 aliphatic rings. The molecule has 0 spiro atoms. The van der Waals surface area contributed by atoms with Gasteiger partial charge in [0.25, 0.3) is 0 Å². The summed E-state index contributed by atoms with van der Waals surface area (Å²) in [5, 5.41) is -17.7. The molecule has 0 aromatic rings. The molecule has 0 aliphatic carbocycles. The van der Waals surface area contributed by atoms with Crippen molar-refractivity contribution in [2.75, 3.05) is 0 Å². The third-order valence-corrected chi connectivity index (χ3v) is 6.51. The first-order valence-corrected chi connectivity index (χ1v) is 10.4. The molecule has 0 bridgehead atoms.